The van der Waals surface area contributed by atoms with Gasteiger partial charge in [-0.15, -0.1) is 0 Å². The topological polar surface area (TPSA) is 48.1 Å². The van der Waals surface area contributed by atoms with E-state index in [4.69, 9.17) is 0 Å². The van der Waals surface area contributed by atoms with Gasteiger partial charge in [0.15, 0.2) is 0 Å². The lowest BCUT2D eigenvalue weighted by Crippen LogP contribution is -2.40. The molecule has 4 heteroatoms. The van der Waals surface area contributed by atoms with Gasteiger partial charge in [-0.1, -0.05) is 25.5 Å². The summed E-state index contributed by atoms with van der Waals surface area (Å²) < 4.78 is 0. The smallest absolute Gasteiger partial charge is 0.00111 e. The fraction of sp³-hybridized carbons (Fsp3) is 0.923. The Labute approximate surface area is 186 Å². The second-order valence-corrected chi connectivity index (χ2v) is 10.6. The average Bonchev–Trinajstić information content (AvgIpc) is 3.47. The van der Waals surface area contributed by atoms with Crippen LogP contribution in [0.1, 0.15) is 78.1 Å². The van der Waals surface area contributed by atoms with Crippen molar-refractivity contribution in [3.05, 3.63) is 11.6 Å². The maximum absolute atomic E-state index is 3.82. The summed E-state index contributed by atoms with van der Waals surface area (Å²) in [6.45, 7) is 14.1. The molecule has 0 radical (unpaired) electrons. The Balaban J connectivity index is 1.10. The number of hydrogen-bond acceptors (Lipinski definition) is 4. The van der Waals surface area contributed by atoms with Crippen LogP contribution >= 0.6 is 0 Å². The SMILES string of the molecule is CCNCCCCNC[C@@H]1C[C@H]1CNCCCCNCC12CCCC(=CC(C)C1)C2. The van der Waals surface area contributed by atoms with Gasteiger partial charge in [0.2, 0.25) is 0 Å². The van der Waals surface area contributed by atoms with E-state index in [9.17, 15) is 0 Å². The minimum Gasteiger partial charge on any atom is -0.317 e. The molecular formula is C26H50N4. The third-order valence-electron chi connectivity index (χ3n) is 7.63. The summed E-state index contributed by atoms with van der Waals surface area (Å²) in [6.07, 6.45) is 16.2. The number of hydrogen-bond donors (Lipinski definition) is 4. The van der Waals surface area contributed by atoms with E-state index in [1.54, 1.807) is 5.57 Å². The Hall–Kier alpha value is -0.420. The number of unbranched alkanes of at least 4 members (excludes halogenated alkanes) is 2. The Morgan fingerprint density at radius 3 is 2.20 bits per heavy atom. The fourth-order valence-corrected chi connectivity index (χ4v) is 5.95. The lowest BCUT2D eigenvalue weighted by molar-refractivity contribution is 0.165. The zero-order valence-electron chi connectivity index (χ0n) is 20.0. The van der Waals surface area contributed by atoms with Crippen molar-refractivity contribution < 1.29 is 0 Å². The van der Waals surface area contributed by atoms with E-state index in [1.807, 2.05) is 0 Å². The molecule has 30 heavy (non-hydrogen) atoms. The van der Waals surface area contributed by atoms with Crippen molar-refractivity contribution in [3.8, 4) is 0 Å². The van der Waals surface area contributed by atoms with Crippen LogP contribution < -0.4 is 21.3 Å². The van der Waals surface area contributed by atoms with E-state index >= 15 is 0 Å². The van der Waals surface area contributed by atoms with Crippen LogP contribution in [-0.2, 0) is 0 Å². The molecule has 4 N–H and O–H groups in total. The Morgan fingerprint density at radius 1 is 0.900 bits per heavy atom. The number of rotatable bonds is 17. The summed E-state index contributed by atoms with van der Waals surface area (Å²) >= 11 is 0. The molecular weight excluding hydrogens is 368 g/mol. The van der Waals surface area contributed by atoms with Gasteiger partial charge >= 0.3 is 0 Å². The fourth-order valence-electron chi connectivity index (χ4n) is 5.95. The van der Waals surface area contributed by atoms with Crippen molar-refractivity contribution >= 4 is 0 Å². The zero-order chi connectivity index (χ0) is 21.1. The van der Waals surface area contributed by atoms with Crippen molar-refractivity contribution in [1.29, 1.82) is 0 Å². The van der Waals surface area contributed by atoms with E-state index in [1.165, 1.54) is 110 Å². The van der Waals surface area contributed by atoms with Gasteiger partial charge in [0, 0.05) is 6.54 Å². The molecule has 0 heterocycles. The summed E-state index contributed by atoms with van der Waals surface area (Å²) in [6, 6.07) is 0. The summed E-state index contributed by atoms with van der Waals surface area (Å²) in [7, 11) is 0. The normalized spacial score (nSPS) is 30.3. The largest absolute Gasteiger partial charge is 0.317 e. The van der Waals surface area contributed by atoms with Crippen molar-refractivity contribution in [1.82, 2.24) is 21.3 Å². The standard InChI is InChI=1S/C26H50N4/c1-3-27-11-4-5-12-28-19-24-16-25(24)20-29-13-6-7-14-30-21-26-10-8-9-23(18-26)15-22(2)17-26/h15,22,24-25,27-30H,3-14,16-21H2,1-2H3/t22?,24-,25-,26?/m0/s1. The molecule has 0 saturated heterocycles. The second kappa shape index (κ2) is 13.2. The van der Waals surface area contributed by atoms with E-state index in [2.05, 4.69) is 41.2 Å². The molecule has 0 aromatic rings. The summed E-state index contributed by atoms with van der Waals surface area (Å²) in [4.78, 5) is 0. The first-order valence-electron chi connectivity index (χ1n) is 13.2. The highest BCUT2D eigenvalue weighted by Gasteiger charge is 2.37. The summed E-state index contributed by atoms with van der Waals surface area (Å²) in [5.74, 6) is 2.66. The quantitative estimate of drug-likeness (QED) is 0.212. The van der Waals surface area contributed by atoms with Crippen LogP contribution in [0.4, 0.5) is 0 Å². The molecule has 2 fully saturated rings. The van der Waals surface area contributed by atoms with E-state index in [-0.39, 0.29) is 0 Å². The van der Waals surface area contributed by atoms with Crippen LogP contribution in [0.2, 0.25) is 0 Å². The molecule has 2 bridgehead atoms. The van der Waals surface area contributed by atoms with Crippen LogP contribution in [0, 0.1) is 23.2 Å². The molecule has 2 unspecified atom stereocenters. The molecule has 0 aliphatic heterocycles. The Morgan fingerprint density at radius 2 is 1.53 bits per heavy atom. The van der Waals surface area contributed by atoms with Crippen LogP contribution in [0.5, 0.6) is 0 Å². The molecule has 0 amide bonds. The minimum absolute atomic E-state index is 0.585. The Bertz CT molecular complexity index is 505. The highest BCUT2D eigenvalue weighted by atomic mass is 14.9. The molecule has 3 aliphatic rings. The summed E-state index contributed by atoms with van der Waals surface area (Å²) in [5.41, 5.74) is 2.34. The second-order valence-electron chi connectivity index (χ2n) is 10.6. The molecule has 3 aliphatic carbocycles. The van der Waals surface area contributed by atoms with Crippen molar-refractivity contribution in [2.24, 2.45) is 23.2 Å². The maximum atomic E-state index is 3.82. The molecule has 3 rings (SSSR count). The predicted molar refractivity (Wildman–Crippen MR) is 130 cm³/mol. The number of allylic oxidation sites excluding steroid dienone is 2. The zero-order valence-corrected chi connectivity index (χ0v) is 20.0. The van der Waals surface area contributed by atoms with Crippen LogP contribution in [0.15, 0.2) is 11.6 Å². The highest BCUT2D eigenvalue weighted by Crippen LogP contribution is 2.47. The third-order valence-corrected chi connectivity index (χ3v) is 7.63. The molecule has 4 nitrogen and oxygen atoms in total. The molecule has 0 spiro atoms. The molecule has 0 aromatic heterocycles. The van der Waals surface area contributed by atoms with E-state index in [0.717, 1.165) is 24.3 Å². The van der Waals surface area contributed by atoms with Crippen LogP contribution in [-0.4, -0.2) is 52.4 Å². The van der Waals surface area contributed by atoms with E-state index in [0.29, 0.717) is 5.41 Å². The first-order chi connectivity index (χ1) is 14.7. The lowest BCUT2D eigenvalue weighted by Gasteiger charge is -2.44. The van der Waals surface area contributed by atoms with E-state index < -0.39 is 0 Å². The first kappa shape index (κ1) is 24.2. The monoisotopic (exact) mass is 418 g/mol. The summed E-state index contributed by atoms with van der Waals surface area (Å²) in [5, 5.41) is 14.6. The Kier molecular flexibility index (Phi) is 10.7. The highest BCUT2D eigenvalue weighted by molar-refractivity contribution is 5.16. The molecule has 2 saturated carbocycles. The van der Waals surface area contributed by atoms with Crippen molar-refractivity contribution in [2.75, 3.05) is 52.4 Å². The van der Waals surface area contributed by atoms with Gasteiger partial charge in [0.1, 0.15) is 0 Å². The van der Waals surface area contributed by atoms with Gasteiger partial charge in [-0.25, -0.2) is 0 Å². The molecule has 0 aromatic carbocycles. The maximum Gasteiger partial charge on any atom is 0.00111 e. The number of fused-ring (bicyclic) bond motifs is 2. The molecule has 174 valence electrons. The van der Waals surface area contributed by atoms with Crippen molar-refractivity contribution in [3.63, 3.8) is 0 Å². The van der Waals surface area contributed by atoms with Gasteiger partial charge in [-0.3, -0.25) is 0 Å². The van der Waals surface area contributed by atoms with Crippen LogP contribution in [0.25, 0.3) is 0 Å². The third kappa shape index (κ3) is 8.61. The van der Waals surface area contributed by atoms with Gasteiger partial charge in [0.05, 0.1) is 0 Å². The number of nitrogens with one attached hydrogen (secondary N) is 4. The van der Waals surface area contributed by atoms with Gasteiger partial charge in [0.25, 0.3) is 0 Å². The van der Waals surface area contributed by atoms with Gasteiger partial charge < -0.3 is 21.3 Å². The van der Waals surface area contributed by atoms with Crippen LogP contribution in [0.3, 0.4) is 0 Å². The average molecular weight is 419 g/mol. The van der Waals surface area contributed by atoms with Crippen molar-refractivity contribution in [2.45, 2.75) is 78.1 Å². The van der Waals surface area contributed by atoms with Gasteiger partial charge in [-0.05, 0) is 133 Å². The molecule has 4 atom stereocenters. The minimum atomic E-state index is 0.585. The van der Waals surface area contributed by atoms with Gasteiger partial charge in [-0.2, -0.15) is 0 Å². The first-order valence-corrected chi connectivity index (χ1v) is 13.2. The predicted octanol–water partition coefficient (Wildman–Crippen LogP) is 4.09. The lowest BCUT2D eigenvalue weighted by atomic mass is 9.63.